The third-order valence-corrected chi connectivity index (χ3v) is 4.97. The van der Waals surface area contributed by atoms with Gasteiger partial charge in [-0.05, 0) is 54.4 Å². The molecule has 2 aromatic carbocycles. The van der Waals surface area contributed by atoms with E-state index in [2.05, 4.69) is 10.3 Å². The lowest BCUT2D eigenvalue weighted by Crippen LogP contribution is -2.30. The number of cyclic esters (lactones) is 1. The molecule has 1 aromatic heterocycles. The van der Waals surface area contributed by atoms with Crippen molar-refractivity contribution in [3.8, 4) is 11.5 Å². The van der Waals surface area contributed by atoms with Crippen LogP contribution in [0, 0.1) is 10.1 Å². The van der Waals surface area contributed by atoms with Crippen molar-refractivity contribution >= 4 is 23.3 Å². The predicted molar refractivity (Wildman–Crippen MR) is 114 cm³/mol. The Morgan fingerprint density at radius 2 is 1.84 bits per heavy atom. The first-order valence-corrected chi connectivity index (χ1v) is 9.62. The molecule has 1 saturated heterocycles. The van der Waals surface area contributed by atoms with E-state index >= 15 is 0 Å². The zero-order valence-electron chi connectivity index (χ0n) is 16.7. The topological polar surface area (TPSA) is 107 Å². The number of nitro groups is 1. The van der Waals surface area contributed by atoms with Crippen LogP contribution in [0.15, 0.2) is 66.9 Å². The van der Waals surface area contributed by atoms with Crippen LogP contribution in [0.1, 0.15) is 5.56 Å². The summed E-state index contributed by atoms with van der Waals surface area (Å²) in [5.74, 6) is 1.48. The molecule has 0 saturated carbocycles. The largest absolute Gasteiger partial charge is 0.457 e. The van der Waals surface area contributed by atoms with Crippen molar-refractivity contribution in [2.75, 3.05) is 19.0 Å². The molecule has 1 atom stereocenters. The molecular weight excluding hydrogens is 400 g/mol. The number of benzene rings is 2. The van der Waals surface area contributed by atoms with Crippen LogP contribution >= 0.6 is 0 Å². The lowest BCUT2D eigenvalue weighted by atomic mass is 10.1. The van der Waals surface area contributed by atoms with Crippen LogP contribution in [0.2, 0.25) is 0 Å². The number of nitrogens with zero attached hydrogens (tertiary/aromatic N) is 3. The van der Waals surface area contributed by atoms with Crippen molar-refractivity contribution in [3.05, 3.63) is 82.5 Å². The van der Waals surface area contributed by atoms with Gasteiger partial charge in [-0.1, -0.05) is 12.1 Å². The average molecular weight is 420 g/mol. The number of rotatable bonds is 7. The van der Waals surface area contributed by atoms with Gasteiger partial charge in [-0.25, -0.2) is 9.78 Å². The summed E-state index contributed by atoms with van der Waals surface area (Å²) in [5.41, 5.74) is 1.64. The number of nitrogens with one attached hydrogen (secondary N) is 1. The number of carbonyl (C=O) groups is 1. The lowest BCUT2D eigenvalue weighted by molar-refractivity contribution is -0.384. The molecule has 1 fully saturated rings. The Hall–Kier alpha value is -4.14. The first kappa shape index (κ1) is 20.1. The van der Waals surface area contributed by atoms with Gasteiger partial charge in [0.2, 0.25) is 5.82 Å². The van der Waals surface area contributed by atoms with Crippen LogP contribution < -0.4 is 10.1 Å². The van der Waals surface area contributed by atoms with Gasteiger partial charge in [0.15, 0.2) is 0 Å². The molecular formula is C22H20N4O5. The Bertz CT molecular complexity index is 1090. The number of hydrogen-bond acceptors (Lipinski definition) is 7. The minimum atomic E-state index is -0.480. The molecule has 1 amide bonds. The van der Waals surface area contributed by atoms with Crippen LogP contribution in [0.3, 0.4) is 0 Å². The van der Waals surface area contributed by atoms with Crippen molar-refractivity contribution in [1.29, 1.82) is 0 Å². The zero-order valence-corrected chi connectivity index (χ0v) is 16.7. The van der Waals surface area contributed by atoms with Crippen LogP contribution in [0.5, 0.6) is 11.5 Å². The molecule has 158 valence electrons. The molecule has 9 heteroatoms. The second kappa shape index (κ2) is 8.70. The number of hydrogen-bond donors (Lipinski definition) is 1. The van der Waals surface area contributed by atoms with Gasteiger partial charge < -0.3 is 19.7 Å². The summed E-state index contributed by atoms with van der Waals surface area (Å²) in [6, 6.07) is 17.7. The van der Waals surface area contributed by atoms with E-state index in [0.29, 0.717) is 30.2 Å². The number of amides is 1. The standard InChI is InChI=1S/C22H20N4O5/c1-25-17(14-30-22(25)27)13-15-4-8-18(9-5-15)31-19-10-6-16(7-11-19)24-21-20(26(28)29)3-2-12-23-21/h2-12,17H,13-14H2,1H3,(H,23,24). The highest BCUT2D eigenvalue weighted by Crippen LogP contribution is 2.28. The third kappa shape index (κ3) is 4.72. The van der Waals surface area contributed by atoms with Crippen LogP contribution in [-0.2, 0) is 11.2 Å². The Morgan fingerprint density at radius 3 is 2.45 bits per heavy atom. The highest BCUT2D eigenvalue weighted by atomic mass is 16.6. The fourth-order valence-electron chi connectivity index (χ4n) is 3.21. The van der Waals surface area contributed by atoms with E-state index in [-0.39, 0.29) is 23.6 Å². The fourth-order valence-corrected chi connectivity index (χ4v) is 3.21. The Kier molecular flexibility index (Phi) is 5.65. The number of ether oxygens (including phenoxy) is 2. The van der Waals surface area contributed by atoms with Gasteiger partial charge >= 0.3 is 11.8 Å². The third-order valence-electron chi connectivity index (χ3n) is 4.97. The maximum Gasteiger partial charge on any atom is 0.409 e. The van der Waals surface area contributed by atoms with Crippen molar-refractivity contribution in [1.82, 2.24) is 9.88 Å². The van der Waals surface area contributed by atoms with E-state index in [4.69, 9.17) is 9.47 Å². The van der Waals surface area contributed by atoms with E-state index in [0.717, 1.165) is 5.56 Å². The minimum Gasteiger partial charge on any atom is -0.457 e. The van der Waals surface area contributed by atoms with Gasteiger partial charge in [0, 0.05) is 25.0 Å². The first-order chi connectivity index (χ1) is 15.0. The summed E-state index contributed by atoms with van der Waals surface area (Å²) in [6.45, 7) is 0.398. The van der Waals surface area contributed by atoms with E-state index in [1.807, 2.05) is 24.3 Å². The van der Waals surface area contributed by atoms with Gasteiger partial charge in [0.25, 0.3) is 0 Å². The van der Waals surface area contributed by atoms with Gasteiger partial charge in [0.1, 0.15) is 18.1 Å². The number of likely N-dealkylation sites (N-methyl/N-ethyl adjacent to an activating group) is 1. The normalized spacial score (nSPS) is 15.5. The number of anilines is 2. The second-order valence-corrected chi connectivity index (χ2v) is 7.07. The molecule has 4 rings (SSSR count). The number of aromatic nitrogens is 1. The minimum absolute atomic E-state index is 0.0363. The van der Waals surface area contributed by atoms with Gasteiger partial charge in [0.05, 0.1) is 11.0 Å². The van der Waals surface area contributed by atoms with Gasteiger partial charge in [-0.15, -0.1) is 0 Å². The summed E-state index contributed by atoms with van der Waals surface area (Å²) in [6.07, 6.45) is 1.91. The molecule has 31 heavy (non-hydrogen) atoms. The SMILES string of the molecule is CN1C(=O)OCC1Cc1ccc(Oc2ccc(Nc3ncccc3[N+](=O)[O-])cc2)cc1. The molecule has 2 heterocycles. The van der Waals surface area contributed by atoms with Crippen LogP contribution in [0.4, 0.5) is 22.0 Å². The maximum absolute atomic E-state index is 11.5. The zero-order chi connectivity index (χ0) is 21.8. The second-order valence-electron chi connectivity index (χ2n) is 7.07. The summed E-state index contributed by atoms with van der Waals surface area (Å²) in [5, 5.41) is 14.0. The van der Waals surface area contributed by atoms with Crippen molar-refractivity contribution in [3.63, 3.8) is 0 Å². The van der Waals surface area contributed by atoms with Crippen molar-refractivity contribution in [2.45, 2.75) is 12.5 Å². The van der Waals surface area contributed by atoms with E-state index < -0.39 is 4.92 Å². The summed E-state index contributed by atoms with van der Waals surface area (Å²) in [7, 11) is 1.74. The van der Waals surface area contributed by atoms with E-state index in [1.165, 1.54) is 18.3 Å². The molecule has 0 aliphatic carbocycles. The Balaban J connectivity index is 1.37. The first-order valence-electron chi connectivity index (χ1n) is 9.62. The number of carbonyl (C=O) groups excluding carboxylic acids is 1. The predicted octanol–water partition coefficient (Wildman–Crippen LogP) is 4.52. The van der Waals surface area contributed by atoms with Crippen LogP contribution in [-0.4, -0.2) is 40.6 Å². The fraction of sp³-hybridized carbons (Fsp3) is 0.182. The smallest absolute Gasteiger partial charge is 0.409 e. The van der Waals surface area contributed by atoms with E-state index in [1.54, 1.807) is 36.2 Å². The molecule has 0 bridgehead atoms. The molecule has 9 nitrogen and oxygen atoms in total. The van der Waals surface area contributed by atoms with Crippen LogP contribution in [0.25, 0.3) is 0 Å². The Labute approximate surface area is 178 Å². The van der Waals surface area contributed by atoms with E-state index in [9.17, 15) is 14.9 Å². The molecule has 1 unspecified atom stereocenters. The molecule has 1 N–H and O–H groups in total. The lowest BCUT2D eigenvalue weighted by Gasteiger charge is -2.16. The monoisotopic (exact) mass is 420 g/mol. The van der Waals surface area contributed by atoms with Crippen molar-refractivity contribution in [2.24, 2.45) is 0 Å². The highest BCUT2D eigenvalue weighted by Gasteiger charge is 2.29. The summed E-state index contributed by atoms with van der Waals surface area (Å²) < 4.78 is 10.9. The molecule has 1 aliphatic rings. The van der Waals surface area contributed by atoms with Gasteiger partial charge in [-0.3, -0.25) is 10.1 Å². The highest BCUT2D eigenvalue weighted by molar-refractivity contribution is 5.69. The average Bonchev–Trinajstić information content (AvgIpc) is 3.09. The molecule has 3 aromatic rings. The molecule has 0 spiro atoms. The van der Waals surface area contributed by atoms with Crippen molar-refractivity contribution < 1.29 is 19.2 Å². The Morgan fingerprint density at radius 1 is 1.16 bits per heavy atom. The molecule has 0 radical (unpaired) electrons. The maximum atomic E-state index is 11.5. The molecule has 1 aliphatic heterocycles. The number of pyridine rings is 1. The van der Waals surface area contributed by atoms with Gasteiger partial charge in [-0.2, -0.15) is 0 Å². The summed E-state index contributed by atoms with van der Waals surface area (Å²) in [4.78, 5) is 27.7. The quantitative estimate of drug-likeness (QED) is 0.442. The summed E-state index contributed by atoms with van der Waals surface area (Å²) >= 11 is 0.